The maximum absolute atomic E-state index is 4.36. The fourth-order valence-electron chi connectivity index (χ4n) is 3.31. The van der Waals surface area contributed by atoms with Crippen molar-refractivity contribution in [3.63, 3.8) is 0 Å². The predicted molar refractivity (Wildman–Crippen MR) is 85.5 cm³/mol. The van der Waals surface area contributed by atoms with Crippen LogP contribution >= 0.6 is 0 Å². The molecule has 0 spiro atoms. The van der Waals surface area contributed by atoms with Crippen LogP contribution in [0.5, 0.6) is 0 Å². The quantitative estimate of drug-likeness (QED) is 0.779. The van der Waals surface area contributed by atoms with E-state index in [-0.39, 0.29) is 0 Å². The van der Waals surface area contributed by atoms with Crippen LogP contribution < -0.4 is 5.32 Å². The Morgan fingerprint density at radius 1 is 1.23 bits per heavy atom. The monoisotopic (exact) mass is 296 g/mol. The van der Waals surface area contributed by atoms with Crippen LogP contribution in [0.1, 0.15) is 31.7 Å². The second kappa shape index (κ2) is 5.53. The van der Waals surface area contributed by atoms with Crippen molar-refractivity contribution in [2.24, 2.45) is 0 Å². The van der Waals surface area contributed by atoms with E-state index in [1.165, 1.54) is 12.8 Å². The molecule has 0 unspecified atom stereocenters. The van der Waals surface area contributed by atoms with Gasteiger partial charge in [-0.25, -0.2) is 4.68 Å². The lowest BCUT2D eigenvalue weighted by molar-refractivity contribution is 0.281. The van der Waals surface area contributed by atoms with Gasteiger partial charge < -0.3 is 5.32 Å². The van der Waals surface area contributed by atoms with Gasteiger partial charge in [-0.1, -0.05) is 17.3 Å². The van der Waals surface area contributed by atoms with Crippen molar-refractivity contribution < 1.29 is 0 Å². The van der Waals surface area contributed by atoms with Crippen LogP contribution in [-0.2, 0) is 0 Å². The molecule has 0 bridgehead atoms. The Balaban J connectivity index is 1.56. The van der Waals surface area contributed by atoms with Crippen molar-refractivity contribution >= 4 is 10.9 Å². The van der Waals surface area contributed by atoms with Crippen LogP contribution in [0.25, 0.3) is 22.2 Å². The Labute approximate surface area is 128 Å². The first kappa shape index (κ1) is 13.5. The van der Waals surface area contributed by atoms with Gasteiger partial charge in [0.15, 0.2) is 0 Å². The van der Waals surface area contributed by atoms with E-state index in [9.17, 15) is 0 Å². The summed E-state index contributed by atoms with van der Waals surface area (Å²) in [7, 11) is 2.05. The molecule has 4 rings (SSSR count). The van der Waals surface area contributed by atoms with Gasteiger partial charge in [-0.15, -0.1) is 5.10 Å². The molecular formula is C16H20N6. The van der Waals surface area contributed by atoms with E-state index in [1.807, 2.05) is 17.9 Å². The summed E-state index contributed by atoms with van der Waals surface area (Å²) in [5.74, 6) is 0. The lowest BCUT2D eigenvalue weighted by atomic mass is 9.91. The molecule has 0 radical (unpaired) electrons. The molecule has 0 atom stereocenters. The van der Waals surface area contributed by atoms with E-state index in [0.717, 1.165) is 35.0 Å². The van der Waals surface area contributed by atoms with Crippen LogP contribution in [0.4, 0.5) is 0 Å². The highest BCUT2D eigenvalue weighted by molar-refractivity contribution is 5.82. The lowest BCUT2D eigenvalue weighted by Crippen LogP contribution is -2.31. The van der Waals surface area contributed by atoms with Crippen molar-refractivity contribution in [1.29, 1.82) is 0 Å². The zero-order chi connectivity index (χ0) is 14.9. The van der Waals surface area contributed by atoms with Crippen LogP contribution in [0.2, 0.25) is 0 Å². The van der Waals surface area contributed by atoms with E-state index >= 15 is 0 Å². The third kappa shape index (κ3) is 2.39. The topological polar surface area (TPSA) is 71.4 Å². The summed E-state index contributed by atoms with van der Waals surface area (Å²) in [6, 6.07) is 7.34. The molecule has 0 aliphatic heterocycles. The van der Waals surface area contributed by atoms with Gasteiger partial charge in [0, 0.05) is 17.0 Å². The normalized spacial score (nSPS) is 22.2. The molecule has 1 aliphatic carbocycles. The third-order valence-corrected chi connectivity index (χ3v) is 4.73. The molecule has 0 saturated heterocycles. The van der Waals surface area contributed by atoms with Gasteiger partial charge in [0.2, 0.25) is 0 Å². The van der Waals surface area contributed by atoms with Crippen LogP contribution in [-0.4, -0.2) is 38.3 Å². The Morgan fingerprint density at radius 3 is 2.91 bits per heavy atom. The van der Waals surface area contributed by atoms with Gasteiger partial charge in [-0.05, 0) is 38.8 Å². The van der Waals surface area contributed by atoms with Crippen LogP contribution in [0.3, 0.4) is 0 Å². The van der Waals surface area contributed by atoms with Crippen molar-refractivity contribution in [3.05, 3.63) is 30.6 Å². The number of hydrogen-bond acceptors (Lipinski definition) is 4. The molecule has 6 nitrogen and oxygen atoms in total. The molecule has 2 N–H and O–H groups in total. The van der Waals surface area contributed by atoms with E-state index in [1.54, 1.807) is 0 Å². The standard InChI is InChI=1S/C16H20N6/c1-17-13-4-6-14(7-5-13)22-10-16(20-21-22)11-2-3-12-9-18-19-15(12)8-11/h2-3,8-10,13-14,17H,4-7H2,1H3,(H,18,19). The second-order valence-electron chi connectivity index (χ2n) is 6.05. The molecule has 0 amide bonds. The summed E-state index contributed by atoms with van der Waals surface area (Å²) in [6.07, 6.45) is 8.63. The zero-order valence-electron chi connectivity index (χ0n) is 12.7. The lowest BCUT2D eigenvalue weighted by Gasteiger charge is -2.27. The van der Waals surface area contributed by atoms with Crippen molar-refractivity contribution in [2.75, 3.05) is 7.05 Å². The number of aromatic nitrogens is 5. The number of fused-ring (bicyclic) bond motifs is 1. The average molecular weight is 296 g/mol. The average Bonchev–Trinajstić information content (AvgIpc) is 3.23. The fraction of sp³-hybridized carbons (Fsp3) is 0.438. The number of hydrogen-bond donors (Lipinski definition) is 2. The number of rotatable bonds is 3. The zero-order valence-corrected chi connectivity index (χ0v) is 12.7. The molecule has 22 heavy (non-hydrogen) atoms. The molecule has 114 valence electrons. The van der Waals surface area contributed by atoms with Gasteiger partial charge in [-0.2, -0.15) is 5.10 Å². The Kier molecular flexibility index (Phi) is 3.38. The number of benzene rings is 1. The van der Waals surface area contributed by atoms with Gasteiger partial charge in [0.25, 0.3) is 0 Å². The highest BCUT2D eigenvalue weighted by atomic mass is 15.4. The van der Waals surface area contributed by atoms with E-state index in [4.69, 9.17) is 0 Å². The minimum Gasteiger partial charge on any atom is -0.317 e. The first-order valence-electron chi connectivity index (χ1n) is 7.86. The smallest absolute Gasteiger partial charge is 0.113 e. The molecule has 1 fully saturated rings. The van der Waals surface area contributed by atoms with Gasteiger partial charge in [-0.3, -0.25) is 5.10 Å². The first-order chi connectivity index (χ1) is 10.8. The summed E-state index contributed by atoms with van der Waals surface area (Å²) >= 11 is 0. The van der Waals surface area contributed by atoms with Gasteiger partial charge in [0.05, 0.1) is 24.0 Å². The minimum atomic E-state index is 0.474. The summed E-state index contributed by atoms with van der Waals surface area (Å²) in [5, 5.41) is 20.2. The SMILES string of the molecule is CNC1CCC(n2cc(-c3ccc4cn[nH]c4c3)nn2)CC1. The van der Waals surface area contributed by atoms with Gasteiger partial charge in [0.1, 0.15) is 5.69 Å². The second-order valence-corrected chi connectivity index (χ2v) is 6.05. The molecule has 2 aromatic heterocycles. The summed E-state index contributed by atoms with van der Waals surface area (Å²) < 4.78 is 2.04. The molecule has 3 aromatic rings. The molecule has 2 heterocycles. The molecule has 1 aromatic carbocycles. The fourth-order valence-corrected chi connectivity index (χ4v) is 3.31. The Hall–Kier alpha value is -2.21. The maximum atomic E-state index is 4.36. The predicted octanol–water partition coefficient (Wildman–Crippen LogP) is 2.52. The van der Waals surface area contributed by atoms with E-state index < -0.39 is 0 Å². The molecule has 1 aliphatic rings. The first-order valence-corrected chi connectivity index (χ1v) is 7.86. The Bertz CT molecular complexity index is 766. The van der Waals surface area contributed by atoms with Crippen molar-refractivity contribution in [1.82, 2.24) is 30.5 Å². The Morgan fingerprint density at radius 2 is 2.09 bits per heavy atom. The maximum Gasteiger partial charge on any atom is 0.113 e. The number of nitrogens with zero attached hydrogens (tertiary/aromatic N) is 4. The number of nitrogens with one attached hydrogen (secondary N) is 2. The number of aromatic amines is 1. The highest BCUT2D eigenvalue weighted by Gasteiger charge is 2.22. The third-order valence-electron chi connectivity index (χ3n) is 4.73. The summed E-state index contributed by atoms with van der Waals surface area (Å²) in [4.78, 5) is 0. The van der Waals surface area contributed by atoms with E-state index in [0.29, 0.717) is 12.1 Å². The van der Waals surface area contributed by atoms with Crippen molar-refractivity contribution in [2.45, 2.75) is 37.8 Å². The highest BCUT2D eigenvalue weighted by Crippen LogP contribution is 2.29. The van der Waals surface area contributed by atoms with Crippen LogP contribution in [0.15, 0.2) is 30.6 Å². The van der Waals surface area contributed by atoms with Crippen LogP contribution in [0, 0.1) is 0 Å². The van der Waals surface area contributed by atoms with Gasteiger partial charge >= 0.3 is 0 Å². The van der Waals surface area contributed by atoms with Crippen molar-refractivity contribution in [3.8, 4) is 11.3 Å². The molecule has 1 saturated carbocycles. The molecular weight excluding hydrogens is 276 g/mol. The summed E-state index contributed by atoms with van der Waals surface area (Å²) in [5.41, 5.74) is 3.03. The largest absolute Gasteiger partial charge is 0.317 e. The summed E-state index contributed by atoms with van der Waals surface area (Å²) in [6.45, 7) is 0. The number of H-pyrrole nitrogens is 1. The molecule has 6 heteroatoms. The minimum absolute atomic E-state index is 0.474. The van der Waals surface area contributed by atoms with E-state index in [2.05, 4.69) is 50.2 Å².